The fourth-order valence-corrected chi connectivity index (χ4v) is 3.41. The fourth-order valence-electron chi connectivity index (χ4n) is 1.50. The molecule has 0 fully saturated rings. The molecule has 2 aromatic rings. The normalized spacial score (nSPS) is 12.8. The van der Waals surface area contributed by atoms with Gasteiger partial charge in [-0.2, -0.15) is 0 Å². The molecule has 0 amide bonds. The minimum atomic E-state index is -0.747. The van der Waals surface area contributed by atoms with Crippen LogP contribution in [-0.4, -0.2) is 5.11 Å². The molecule has 0 saturated carbocycles. The smallest absolute Gasteiger partial charge is 0.106 e. The Balaban J connectivity index is 2.40. The minimum absolute atomic E-state index is 0.527. The molecule has 0 aliphatic rings. The van der Waals surface area contributed by atoms with Gasteiger partial charge in [0.15, 0.2) is 0 Å². The summed E-state index contributed by atoms with van der Waals surface area (Å²) < 4.78 is 2.07. The highest BCUT2D eigenvalue weighted by molar-refractivity contribution is 9.10. The van der Waals surface area contributed by atoms with E-state index in [1.807, 2.05) is 25.1 Å². The van der Waals surface area contributed by atoms with Gasteiger partial charge in [0, 0.05) is 10.0 Å². The Hall–Kier alpha value is -0.0600. The molecule has 0 aliphatic carbocycles. The highest BCUT2D eigenvalue weighted by Gasteiger charge is 2.17. The van der Waals surface area contributed by atoms with Gasteiger partial charge in [0.05, 0.1) is 4.34 Å². The van der Waals surface area contributed by atoms with Crippen LogP contribution in [-0.2, 0) is 0 Å². The number of hydrogen-bond donors (Lipinski definition) is 1. The molecule has 0 aliphatic heterocycles. The summed E-state index contributed by atoms with van der Waals surface area (Å²) in [6.45, 7) is 1.99. The van der Waals surface area contributed by atoms with Gasteiger partial charge in [0.2, 0.25) is 0 Å². The first-order valence-electron chi connectivity index (χ1n) is 4.88. The maximum absolute atomic E-state index is 10.2. The third-order valence-corrected chi connectivity index (χ3v) is 4.86. The summed E-state index contributed by atoms with van der Waals surface area (Å²) in [5.74, 6) is 0. The van der Waals surface area contributed by atoms with Crippen LogP contribution in [0, 0.1) is 6.92 Å². The van der Waals surface area contributed by atoms with Crippen LogP contribution in [0.25, 0.3) is 0 Å². The molecule has 1 atom stereocenters. The molecule has 0 radical (unpaired) electrons. The first kappa shape index (κ1) is 13.4. The van der Waals surface area contributed by atoms with E-state index in [-0.39, 0.29) is 0 Å². The fraction of sp³-hybridized carbons (Fsp3) is 0.167. The van der Waals surface area contributed by atoms with E-state index in [0.717, 1.165) is 15.6 Å². The zero-order valence-corrected chi connectivity index (χ0v) is 12.8. The third-order valence-electron chi connectivity index (χ3n) is 2.49. The van der Waals surface area contributed by atoms with Crippen LogP contribution in [0.1, 0.15) is 22.8 Å². The quantitative estimate of drug-likeness (QED) is 0.787. The summed E-state index contributed by atoms with van der Waals surface area (Å²) in [6.07, 6.45) is -0.747. The van der Waals surface area contributed by atoms with Crippen molar-refractivity contribution in [2.45, 2.75) is 13.0 Å². The molecule has 0 bridgehead atoms. The highest BCUT2D eigenvalue weighted by Crippen LogP contribution is 2.38. The molecule has 5 heteroatoms. The van der Waals surface area contributed by atoms with Crippen LogP contribution in [0.3, 0.4) is 0 Å². The maximum Gasteiger partial charge on any atom is 0.106 e. The molecule has 17 heavy (non-hydrogen) atoms. The van der Waals surface area contributed by atoms with Crippen molar-refractivity contribution < 1.29 is 5.11 Å². The van der Waals surface area contributed by atoms with Crippen LogP contribution < -0.4 is 0 Å². The number of aliphatic hydroxyl groups excluding tert-OH is 1. The lowest BCUT2D eigenvalue weighted by Crippen LogP contribution is -1.98. The molecule has 1 aromatic carbocycles. The second kappa shape index (κ2) is 5.29. The van der Waals surface area contributed by atoms with Crippen molar-refractivity contribution in [3.05, 3.63) is 54.1 Å². The van der Waals surface area contributed by atoms with E-state index < -0.39 is 6.10 Å². The Morgan fingerprint density at radius 2 is 2.00 bits per heavy atom. The molecule has 1 nitrogen and oxygen atoms in total. The molecule has 2 rings (SSSR count). The Kier molecular flexibility index (Phi) is 4.16. The number of aryl methyl sites for hydroxylation is 1. The van der Waals surface area contributed by atoms with Gasteiger partial charge in [-0.15, -0.1) is 11.3 Å². The zero-order valence-electron chi connectivity index (χ0n) is 8.88. The van der Waals surface area contributed by atoms with E-state index in [0.29, 0.717) is 14.2 Å². The second-order valence-electron chi connectivity index (χ2n) is 3.69. The number of halogens is 3. The number of rotatable bonds is 2. The molecule has 1 heterocycles. The molecule has 1 unspecified atom stereocenters. The molecule has 1 aromatic heterocycles. The first-order valence-corrected chi connectivity index (χ1v) is 7.24. The lowest BCUT2D eigenvalue weighted by molar-refractivity contribution is 0.221. The average Bonchev–Trinajstić information content (AvgIpc) is 2.61. The van der Waals surface area contributed by atoms with Crippen molar-refractivity contribution in [1.82, 2.24) is 0 Å². The Morgan fingerprint density at radius 1 is 1.29 bits per heavy atom. The number of thiophene rings is 1. The maximum atomic E-state index is 10.2. The van der Waals surface area contributed by atoms with Crippen LogP contribution in [0.4, 0.5) is 0 Å². The van der Waals surface area contributed by atoms with E-state index >= 15 is 0 Å². The Morgan fingerprint density at radius 3 is 2.53 bits per heavy atom. The SMILES string of the molecule is Cc1ccc(C(O)c2cc(Cl)sc2Cl)cc1Br. The lowest BCUT2D eigenvalue weighted by Gasteiger charge is -2.11. The van der Waals surface area contributed by atoms with Gasteiger partial charge < -0.3 is 5.11 Å². The van der Waals surface area contributed by atoms with Crippen molar-refractivity contribution in [2.24, 2.45) is 0 Å². The summed E-state index contributed by atoms with van der Waals surface area (Å²) in [7, 11) is 0. The van der Waals surface area contributed by atoms with Gasteiger partial charge in [-0.1, -0.05) is 51.3 Å². The van der Waals surface area contributed by atoms with Crippen molar-refractivity contribution in [3.8, 4) is 0 Å². The van der Waals surface area contributed by atoms with E-state index in [2.05, 4.69) is 15.9 Å². The summed E-state index contributed by atoms with van der Waals surface area (Å²) in [4.78, 5) is 0. The molecule has 0 spiro atoms. The van der Waals surface area contributed by atoms with Gasteiger partial charge >= 0.3 is 0 Å². The molecule has 1 N–H and O–H groups in total. The summed E-state index contributed by atoms with van der Waals surface area (Å²) in [5, 5.41) is 10.2. The van der Waals surface area contributed by atoms with Crippen molar-refractivity contribution in [3.63, 3.8) is 0 Å². The van der Waals surface area contributed by atoms with Crippen LogP contribution in [0.5, 0.6) is 0 Å². The summed E-state index contributed by atoms with van der Waals surface area (Å²) >= 11 is 16.6. The summed E-state index contributed by atoms with van der Waals surface area (Å²) in [6, 6.07) is 7.42. The second-order valence-corrected chi connectivity index (χ2v) is 6.83. The minimum Gasteiger partial charge on any atom is -0.384 e. The third kappa shape index (κ3) is 2.85. The van der Waals surface area contributed by atoms with E-state index in [1.165, 1.54) is 11.3 Å². The summed E-state index contributed by atoms with van der Waals surface area (Å²) in [5.41, 5.74) is 2.56. The van der Waals surface area contributed by atoms with Gasteiger partial charge in [-0.25, -0.2) is 0 Å². The van der Waals surface area contributed by atoms with Gasteiger partial charge in [-0.3, -0.25) is 0 Å². The topological polar surface area (TPSA) is 20.2 Å². The highest BCUT2D eigenvalue weighted by atomic mass is 79.9. The van der Waals surface area contributed by atoms with Crippen LogP contribution in [0.15, 0.2) is 28.7 Å². The molecule has 90 valence electrons. The number of benzene rings is 1. The van der Waals surface area contributed by atoms with E-state index in [1.54, 1.807) is 6.07 Å². The van der Waals surface area contributed by atoms with Crippen molar-refractivity contribution in [2.75, 3.05) is 0 Å². The van der Waals surface area contributed by atoms with Crippen LogP contribution >= 0.6 is 50.5 Å². The predicted octanol–water partition coefficient (Wildman–Crippen LogP) is 5.21. The van der Waals surface area contributed by atoms with Crippen molar-refractivity contribution >= 4 is 50.5 Å². The van der Waals surface area contributed by atoms with E-state index in [9.17, 15) is 5.11 Å². The van der Waals surface area contributed by atoms with Crippen molar-refractivity contribution in [1.29, 1.82) is 0 Å². The molecule has 0 saturated heterocycles. The average molecular weight is 352 g/mol. The Labute approximate surface area is 122 Å². The van der Waals surface area contributed by atoms with Gasteiger partial charge in [0.1, 0.15) is 10.4 Å². The monoisotopic (exact) mass is 350 g/mol. The van der Waals surface area contributed by atoms with E-state index in [4.69, 9.17) is 23.2 Å². The standard InChI is InChI=1S/C12H9BrCl2OS/c1-6-2-3-7(4-9(6)13)11(16)8-5-10(14)17-12(8)15/h2-5,11,16H,1H3. The Bertz CT molecular complexity index is 553. The van der Waals surface area contributed by atoms with Gasteiger partial charge in [-0.05, 0) is 30.2 Å². The zero-order chi connectivity index (χ0) is 12.6. The first-order chi connectivity index (χ1) is 7.99. The number of aliphatic hydroxyl groups is 1. The predicted molar refractivity (Wildman–Crippen MR) is 77.3 cm³/mol. The van der Waals surface area contributed by atoms with Gasteiger partial charge in [0.25, 0.3) is 0 Å². The molecular weight excluding hydrogens is 343 g/mol. The van der Waals surface area contributed by atoms with Crippen LogP contribution in [0.2, 0.25) is 8.67 Å². The lowest BCUT2D eigenvalue weighted by atomic mass is 10.0. The largest absolute Gasteiger partial charge is 0.384 e. The number of hydrogen-bond acceptors (Lipinski definition) is 2. The molecular formula is C12H9BrCl2OS.